The van der Waals surface area contributed by atoms with Crippen LogP contribution in [0.3, 0.4) is 0 Å². The van der Waals surface area contributed by atoms with Crippen molar-refractivity contribution < 1.29 is 23.1 Å². The van der Waals surface area contributed by atoms with E-state index in [4.69, 9.17) is 0 Å². The van der Waals surface area contributed by atoms with Gasteiger partial charge in [-0.1, -0.05) is 42.5 Å². The van der Waals surface area contributed by atoms with Gasteiger partial charge in [0.1, 0.15) is 5.75 Å². The van der Waals surface area contributed by atoms with Crippen LogP contribution in [-0.4, -0.2) is 17.9 Å². The number of hydroxylamine groups is 1. The molecule has 6 heteroatoms. The summed E-state index contributed by atoms with van der Waals surface area (Å²) in [5.41, 5.74) is 3.86. The van der Waals surface area contributed by atoms with Gasteiger partial charge in [0, 0.05) is 0 Å². The first kappa shape index (κ1) is 15.3. The summed E-state index contributed by atoms with van der Waals surface area (Å²) in [5, 5.41) is 9.29. The maximum Gasteiger partial charge on any atom is 0.413 e. The SMILES string of the molecule is Oc1ccc(C(NOCC(F)(F)F)c2ccccc2)cc1. The maximum absolute atomic E-state index is 12.2. The minimum absolute atomic E-state index is 0.0850. The average Bonchev–Trinajstić information content (AvgIpc) is 2.45. The monoisotopic (exact) mass is 297 g/mol. The van der Waals surface area contributed by atoms with Crippen molar-refractivity contribution in [2.75, 3.05) is 6.61 Å². The molecule has 21 heavy (non-hydrogen) atoms. The van der Waals surface area contributed by atoms with Gasteiger partial charge in [0.2, 0.25) is 0 Å². The van der Waals surface area contributed by atoms with Crippen molar-refractivity contribution in [2.45, 2.75) is 12.2 Å². The van der Waals surface area contributed by atoms with Crippen molar-refractivity contribution in [3.05, 3.63) is 65.7 Å². The average molecular weight is 297 g/mol. The number of benzene rings is 2. The van der Waals surface area contributed by atoms with Crippen LogP contribution in [0.2, 0.25) is 0 Å². The Morgan fingerprint density at radius 3 is 2.10 bits per heavy atom. The Kier molecular flexibility index (Phi) is 4.82. The number of phenolic OH excluding ortho intramolecular Hbond substituents is 1. The van der Waals surface area contributed by atoms with Crippen LogP contribution in [-0.2, 0) is 4.84 Å². The van der Waals surface area contributed by atoms with Gasteiger partial charge in [-0.3, -0.25) is 4.84 Å². The van der Waals surface area contributed by atoms with Gasteiger partial charge >= 0.3 is 6.18 Å². The van der Waals surface area contributed by atoms with Gasteiger partial charge in [0.25, 0.3) is 0 Å². The molecule has 3 nitrogen and oxygen atoms in total. The molecule has 0 heterocycles. The molecule has 2 rings (SSSR count). The second kappa shape index (κ2) is 6.60. The predicted octanol–water partition coefficient (Wildman–Crippen LogP) is 3.57. The van der Waals surface area contributed by atoms with E-state index in [0.717, 1.165) is 5.56 Å². The summed E-state index contributed by atoms with van der Waals surface area (Å²) < 4.78 is 36.5. The molecule has 0 aromatic heterocycles. The Morgan fingerprint density at radius 2 is 1.52 bits per heavy atom. The zero-order chi connectivity index (χ0) is 15.3. The highest BCUT2D eigenvalue weighted by molar-refractivity contribution is 5.34. The van der Waals surface area contributed by atoms with Crippen LogP contribution in [0.4, 0.5) is 13.2 Å². The number of halogens is 3. The standard InChI is InChI=1S/C15H14F3NO2/c16-15(17,18)10-21-19-14(11-4-2-1-3-5-11)12-6-8-13(20)9-7-12/h1-9,14,19-20H,10H2. The van der Waals surface area contributed by atoms with Gasteiger partial charge in [0.15, 0.2) is 6.61 Å². The summed E-state index contributed by atoms with van der Waals surface area (Å²) in [6.07, 6.45) is -4.40. The zero-order valence-electron chi connectivity index (χ0n) is 11.0. The molecule has 0 fully saturated rings. The summed E-state index contributed by atoms with van der Waals surface area (Å²) in [6, 6.07) is 14.6. The fraction of sp³-hybridized carbons (Fsp3) is 0.200. The highest BCUT2D eigenvalue weighted by Gasteiger charge is 2.28. The molecule has 1 unspecified atom stereocenters. The summed E-state index contributed by atoms with van der Waals surface area (Å²) >= 11 is 0. The van der Waals surface area contributed by atoms with E-state index in [-0.39, 0.29) is 5.75 Å². The van der Waals surface area contributed by atoms with Gasteiger partial charge in [-0.25, -0.2) is 0 Å². The molecule has 112 valence electrons. The molecule has 0 aliphatic carbocycles. The van der Waals surface area contributed by atoms with E-state index in [1.165, 1.54) is 12.1 Å². The molecule has 0 aliphatic heterocycles. The Labute approximate surface area is 119 Å². The molecule has 1 atom stereocenters. The minimum Gasteiger partial charge on any atom is -0.508 e. The Morgan fingerprint density at radius 1 is 0.952 bits per heavy atom. The van der Waals surface area contributed by atoms with E-state index < -0.39 is 18.8 Å². The van der Waals surface area contributed by atoms with Crippen LogP contribution in [0.15, 0.2) is 54.6 Å². The quantitative estimate of drug-likeness (QED) is 0.829. The van der Waals surface area contributed by atoms with Crippen LogP contribution in [0.25, 0.3) is 0 Å². The van der Waals surface area contributed by atoms with Crippen LogP contribution >= 0.6 is 0 Å². The molecule has 0 bridgehead atoms. The smallest absolute Gasteiger partial charge is 0.413 e. The van der Waals surface area contributed by atoms with E-state index in [0.29, 0.717) is 5.56 Å². The van der Waals surface area contributed by atoms with Crippen molar-refractivity contribution in [3.63, 3.8) is 0 Å². The lowest BCUT2D eigenvalue weighted by atomic mass is 9.99. The van der Waals surface area contributed by atoms with E-state index in [1.807, 2.05) is 6.07 Å². The molecular weight excluding hydrogens is 283 g/mol. The van der Waals surface area contributed by atoms with Gasteiger partial charge in [0.05, 0.1) is 6.04 Å². The third-order valence-corrected chi connectivity index (χ3v) is 2.80. The Hall–Kier alpha value is -2.05. The normalized spacial score (nSPS) is 13.1. The first-order valence-electron chi connectivity index (χ1n) is 6.23. The molecule has 0 amide bonds. The number of aromatic hydroxyl groups is 1. The molecule has 2 aromatic rings. The lowest BCUT2D eigenvalue weighted by molar-refractivity contribution is -0.192. The lowest BCUT2D eigenvalue weighted by Gasteiger charge is -2.20. The van der Waals surface area contributed by atoms with Crippen LogP contribution in [0.1, 0.15) is 17.2 Å². The third kappa shape index (κ3) is 4.77. The molecule has 0 saturated heterocycles. The van der Waals surface area contributed by atoms with Crippen molar-refractivity contribution in [1.82, 2.24) is 5.48 Å². The fourth-order valence-electron chi connectivity index (χ4n) is 1.85. The highest BCUT2D eigenvalue weighted by atomic mass is 19.4. The highest BCUT2D eigenvalue weighted by Crippen LogP contribution is 2.24. The molecule has 0 aliphatic rings. The summed E-state index contributed by atoms with van der Waals surface area (Å²) in [7, 11) is 0. The molecule has 2 N–H and O–H groups in total. The van der Waals surface area contributed by atoms with E-state index >= 15 is 0 Å². The summed E-state index contributed by atoms with van der Waals surface area (Å²) in [4.78, 5) is 4.56. The van der Waals surface area contributed by atoms with Crippen molar-refractivity contribution >= 4 is 0 Å². The van der Waals surface area contributed by atoms with Gasteiger partial charge < -0.3 is 5.11 Å². The second-order valence-corrected chi connectivity index (χ2v) is 4.46. The molecule has 0 radical (unpaired) electrons. The molecule has 0 saturated carbocycles. The van der Waals surface area contributed by atoms with Gasteiger partial charge in [-0.15, -0.1) is 0 Å². The lowest BCUT2D eigenvalue weighted by Crippen LogP contribution is -2.28. The number of phenols is 1. The van der Waals surface area contributed by atoms with E-state index in [9.17, 15) is 18.3 Å². The number of hydrogen-bond acceptors (Lipinski definition) is 3. The number of alkyl halides is 3. The van der Waals surface area contributed by atoms with Crippen LogP contribution in [0, 0.1) is 0 Å². The predicted molar refractivity (Wildman–Crippen MR) is 71.5 cm³/mol. The number of nitrogens with one attached hydrogen (secondary N) is 1. The van der Waals surface area contributed by atoms with E-state index in [2.05, 4.69) is 10.3 Å². The minimum atomic E-state index is -4.40. The first-order valence-corrected chi connectivity index (χ1v) is 6.23. The Bertz CT molecular complexity index is 555. The maximum atomic E-state index is 12.2. The van der Waals surface area contributed by atoms with Crippen LogP contribution in [0.5, 0.6) is 5.75 Å². The van der Waals surface area contributed by atoms with Gasteiger partial charge in [-0.05, 0) is 23.3 Å². The van der Waals surface area contributed by atoms with Crippen molar-refractivity contribution in [3.8, 4) is 5.75 Å². The Balaban J connectivity index is 2.17. The van der Waals surface area contributed by atoms with Crippen molar-refractivity contribution in [1.29, 1.82) is 0 Å². The van der Waals surface area contributed by atoms with Crippen molar-refractivity contribution in [2.24, 2.45) is 0 Å². The molecule has 0 spiro atoms. The topological polar surface area (TPSA) is 41.5 Å². The fourth-order valence-corrected chi connectivity index (χ4v) is 1.85. The largest absolute Gasteiger partial charge is 0.508 e. The van der Waals surface area contributed by atoms with Crippen LogP contribution < -0.4 is 5.48 Å². The summed E-state index contributed by atoms with van der Waals surface area (Å²) in [5.74, 6) is 0.0850. The zero-order valence-corrected chi connectivity index (χ0v) is 11.0. The first-order chi connectivity index (χ1) is 9.96. The summed E-state index contributed by atoms with van der Waals surface area (Å²) in [6.45, 7) is -1.38. The molecular formula is C15H14F3NO2. The van der Waals surface area contributed by atoms with Gasteiger partial charge in [-0.2, -0.15) is 18.7 Å². The number of hydrogen-bond donors (Lipinski definition) is 2. The third-order valence-electron chi connectivity index (χ3n) is 2.80. The second-order valence-electron chi connectivity index (χ2n) is 4.46. The number of rotatable bonds is 5. The van der Waals surface area contributed by atoms with E-state index in [1.54, 1.807) is 36.4 Å². The molecule has 2 aromatic carbocycles.